The number of hydrogen-bond donors (Lipinski definition) is 2. The van der Waals surface area contributed by atoms with Crippen molar-refractivity contribution < 1.29 is 4.79 Å². The van der Waals surface area contributed by atoms with E-state index in [0.29, 0.717) is 12.3 Å². The molecule has 1 saturated carbocycles. The Morgan fingerprint density at radius 1 is 1.20 bits per heavy atom. The van der Waals surface area contributed by atoms with Crippen LogP contribution in [-0.2, 0) is 11.2 Å². The lowest BCUT2D eigenvalue weighted by atomic mass is 9.93. The summed E-state index contributed by atoms with van der Waals surface area (Å²) in [5, 5.41) is 2.92. The van der Waals surface area contributed by atoms with Crippen LogP contribution in [-0.4, -0.2) is 5.91 Å². The number of rotatable bonds is 2. The van der Waals surface area contributed by atoms with E-state index >= 15 is 0 Å². The molecule has 0 spiro atoms. The quantitative estimate of drug-likeness (QED) is 0.868. The Morgan fingerprint density at radius 2 is 1.85 bits per heavy atom. The van der Waals surface area contributed by atoms with Crippen molar-refractivity contribution in [2.24, 2.45) is 22.5 Å². The summed E-state index contributed by atoms with van der Waals surface area (Å²) in [5.41, 5.74) is 10.5. The van der Waals surface area contributed by atoms with E-state index in [1.807, 2.05) is 6.07 Å². The van der Waals surface area contributed by atoms with Crippen molar-refractivity contribution >= 4 is 11.6 Å². The number of amides is 1. The van der Waals surface area contributed by atoms with E-state index < -0.39 is 0 Å². The van der Waals surface area contributed by atoms with Crippen LogP contribution in [0.15, 0.2) is 18.2 Å². The Bertz CT molecular complexity index is 560. The van der Waals surface area contributed by atoms with Crippen LogP contribution < -0.4 is 11.1 Å². The SMILES string of the molecule is CC1(C)C(C(N)c2ccc3c(c2)CCC(=O)N3)C1(C)C. The molecule has 0 bridgehead atoms. The van der Waals surface area contributed by atoms with Gasteiger partial charge in [-0.1, -0.05) is 39.8 Å². The van der Waals surface area contributed by atoms with Gasteiger partial charge in [0.25, 0.3) is 0 Å². The highest BCUT2D eigenvalue weighted by molar-refractivity contribution is 5.93. The minimum atomic E-state index is 0.0722. The summed E-state index contributed by atoms with van der Waals surface area (Å²) in [6.45, 7) is 9.21. The van der Waals surface area contributed by atoms with Crippen LogP contribution >= 0.6 is 0 Å². The topological polar surface area (TPSA) is 55.1 Å². The minimum absolute atomic E-state index is 0.0722. The maximum Gasteiger partial charge on any atom is 0.224 e. The monoisotopic (exact) mass is 272 g/mol. The maximum absolute atomic E-state index is 11.4. The Kier molecular flexibility index (Phi) is 2.78. The Labute approximate surface area is 120 Å². The second kappa shape index (κ2) is 4.08. The lowest BCUT2D eigenvalue weighted by molar-refractivity contribution is -0.116. The van der Waals surface area contributed by atoms with E-state index in [1.165, 1.54) is 11.1 Å². The zero-order valence-corrected chi connectivity index (χ0v) is 12.8. The van der Waals surface area contributed by atoms with Gasteiger partial charge in [-0.25, -0.2) is 0 Å². The molecule has 1 amide bonds. The number of fused-ring (bicyclic) bond motifs is 1. The van der Waals surface area contributed by atoms with E-state index in [2.05, 4.69) is 45.1 Å². The van der Waals surface area contributed by atoms with Gasteiger partial charge in [-0.15, -0.1) is 0 Å². The molecule has 0 radical (unpaired) electrons. The van der Waals surface area contributed by atoms with Gasteiger partial charge in [-0.05, 0) is 40.4 Å². The lowest BCUT2D eigenvalue weighted by Gasteiger charge is -2.20. The average Bonchev–Trinajstić information content (AvgIpc) is 2.78. The van der Waals surface area contributed by atoms with E-state index in [4.69, 9.17) is 5.73 Å². The third kappa shape index (κ3) is 1.80. The van der Waals surface area contributed by atoms with E-state index in [9.17, 15) is 4.79 Å². The molecule has 3 N–H and O–H groups in total. The third-order valence-corrected chi connectivity index (χ3v) is 5.90. The zero-order chi connectivity index (χ0) is 14.7. The Hall–Kier alpha value is -1.35. The summed E-state index contributed by atoms with van der Waals surface area (Å²) in [7, 11) is 0. The van der Waals surface area contributed by atoms with Crippen LogP contribution in [0.3, 0.4) is 0 Å². The van der Waals surface area contributed by atoms with Crippen LogP contribution in [0.4, 0.5) is 5.69 Å². The fourth-order valence-corrected chi connectivity index (χ4v) is 3.95. The zero-order valence-electron chi connectivity index (χ0n) is 12.8. The van der Waals surface area contributed by atoms with Crippen molar-refractivity contribution in [2.45, 2.75) is 46.6 Å². The number of benzene rings is 1. The molecule has 1 unspecified atom stereocenters. The summed E-state index contributed by atoms with van der Waals surface area (Å²) in [6, 6.07) is 6.33. The second-order valence-electron chi connectivity index (χ2n) is 7.41. The van der Waals surface area contributed by atoms with Crippen LogP contribution in [0, 0.1) is 16.7 Å². The fourth-order valence-electron chi connectivity index (χ4n) is 3.95. The van der Waals surface area contributed by atoms with Gasteiger partial charge in [0.2, 0.25) is 5.91 Å². The molecule has 1 atom stereocenters. The number of hydrogen-bond acceptors (Lipinski definition) is 2. The molecule has 1 heterocycles. The first-order chi connectivity index (χ1) is 9.25. The van der Waals surface area contributed by atoms with Crippen molar-refractivity contribution in [3.8, 4) is 0 Å². The van der Waals surface area contributed by atoms with Crippen LogP contribution in [0.25, 0.3) is 0 Å². The van der Waals surface area contributed by atoms with Gasteiger partial charge >= 0.3 is 0 Å². The molecule has 3 heteroatoms. The van der Waals surface area contributed by atoms with Gasteiger partial charge < -0.3 is 11.1 Å². The third-order valence-electron chi connectivity index (χ3n) is 5.90. The first-order valence-electron chi connectivity index (χ1n) is 7.43. The largest absolute Gasteiger partial charge is 0.326 e. The van der Waals surface area contributed by atoms with Gasteiger partial charge in [-0.3, -0.25) is 4.79 Å². The van der Waals surface area contributed by atoms with Gasteiger partial charge in [-0.2, -0.15) is 0 Å². The molecule has 3 rings (SSSR count). The van der Waals surface area contributed by atoms with Crippen molar-refractivity contribution in [1.82, 2.24) is 0 Å². The lowest BCUT2D eigenvalue weighted by Crippen LogP contribution is -2.21. The summed E-state index contributed by atoms with van der Waals surface area (Å²) < 4.78 is 0. The van der Waals surface area contributed by atoms with Gasteiger partial charge in [0.05, 0.1) is 0 Å². The fraction of sp³-hybridized carbons (Fsp3) is 0.588. The second-order valence-corrected chi connectivity index (χ2v) is 7.41. The number of anilines is 1. The predicted molar refractivity (Wildman–Crippen MR) is 81.4 cm³/mol. The van der Waals surface area contributed by atoms with Crippen molar-refractivity contribution in [3.63, 3.8) is 0 Å². The first kappa shape index (κ1) is 13.6. The normalized spacial score (nSPS) is 24.8. The molecular weight excluding hydrogens is 248 g/mol. The molecular formula is C17H24N2O. The molecule has 20 heavy (non-hydrogen) atoms. The number of nitrogens with two attached hydrogens (primary N) is 1. The molecule has 0 aromatic heterocycles. The molecule has 1 aliphatic carbocycles. The maximum atomic E-state index is 11.4. The highest BCUT2D eigenvalue weighted by Crippen LogP contribution is 2.71. The molecule has 108 valence electrons. The van der Waals surface area contributed by atoms with Crippen molar-refractivity contribution in [3.05, 3.63) is 29.3 Å². The average molecular weight is 272 g/mol. The molecule has 1 fully saturated rings. The number of carbonyl (C=O) groups excluding carboxylic acids is 1. The van der Waals surface area contributed by atoms with Crippen LogP contribution in [0.5, 0.6) is 0 Å². The van der Waals surface area contributed by atoms with Crippen LogP contribution in [0.1, 0.15) is 51.3 Å². The van der Waals surface area contributed by atoms with E-state index in [1.54, 1.807) is 0 Å². The Morgan fingerprint density at radius 3 is 2.45 bits per heavy atom. The minimum Gasteiger partial charge on any atom is -0.326 e. The van der Waals surface area contributed by atoms with Gasteiger partial charge in [0, 0.05) is 18.2 Å². The summed E-state index contributed by atoms with van der Waals surface area (Å²) >= 11 is 0. The highest BCUT2D eigenvalue weighted by Gasteiger charge is 2.66. The predicted octanol–water partition coefficient (Wildman–Crippen LogP) is 3.25. The van der Waals surface area contributed by atoms with Crippen LogP contribution in [0.2, 0.25) is 0 Å². The summed E-state index contributed by atoms with van der Waals surface area (Å²) in [5.74, 6) is 0.616. The number of nitrogens with one attached hydrogen (secondary N) is 1. The van der Waals surface area contributed by atoms with Gasteiger partial charge in [0.15, 0.2) is 0 Å². The molecule has 0 saturated heterocycles. The molecule has 3 nitrogen and oxygen atoms in total. The number of aryl methyl sites for hydroxylation is 1. The van der Waals surface area contributed by atoms with Crippen molar-refractivity contribution in [1.29, 1.82) is 0 Å². The molecule has 1 aliphatic heterocycles. The van der Waals surface area contributed by atoms with Gasteiger partial charge in [0.1, 0.15) is 0 Å². The molecule has 1 aromatic rings. The van der Waals surface area contributed by atoms with E-state index in [-0.39, 0.29) is 22.8 Å². The first-order valence-corrected chi connectivity index (χ1v) is 7.43. The standard InChI is InChI=1S/C17H24N2O/c1-16(2)15(17(16,3)4)14(18)11-5-7-12-10(9-11)6-8-13(20)19-12/h5,7,9,14-15H,6,8,18H2,1-4H3,(H,19,20). The molecule has 2 aliphatic rings. The van der Waals surface area contributed by atoms with Crippen molar-refractivity contribution in [2.75, 3.05) is 5.32 Å². The smallest absolute Gasteiger partial charge is 0.224 e. The Balaban J connectivity index is 1.87. The summed E-state index contributed by atoms with van der Waals surface area (Å²) in [4.78, 5) is 11.4. The highest BCUT2D eigenvalue weighted by atomic mass is 16.1. The molecule has 1 aromatic carbocycles. The summed E-state index contributed by atoms with van der Waals surface area (Å²) in [6.07, 6.45) is 1.39. The van der Waals surface area contributed by atoms with E-state index in [0.717, 1.165) is 12.1 Å². The number of carbonyl (C=O) groups is 1.